The minimum absolute atomic E-state index is 0.172. The molecule has 1 fully saturated rings. The number of likely N-dealkylation sites (tertiary alicyclic amines) is 1. The number of rotatable bonds is 4. The van der Waals surface area contributed by atoms with Crippen LogP contribution in [0.3, 0.4) is 0 Å². The molecule has 0 radical (unpaired) electrons. The van der Waals surface area contributed by atoms with E-state index in [1.165, 1.54) is 4.90 Å². The van der Waals surface area contributed by atoms with Crippen molar-refractivity contribution in [3.05, 3.63) is 46.1 Å². The summed E-state index contributed by atoms with van der Waals surface area (Å²) in [7, 11) is 0. The molecular weight excluding hydrogens is 379 g/mol. The Labute approximate surface area is 160 Å². The molecule has 2 N–H and O–H groups in total. The standard InChI is InChI=1S/C17H18Cl2N4O3/c1-17(15(24)25)5-7-22(10-17)16(26)21-14-4-6-20-23(14)9-11-2-3-12(18)8-13(11)19/h2-4,6,8H,5,7,9-10H2,1H3,(H,21,26)(H,24,25). The highest BCUT2D eigenvalue weighted by atomic mass is 35.5. The maximum Gasteiger partial charge on any atom is 0.323 e. The maximum absolute atomic E-state index is 12.5. The monoisotopic (exact) mass is 396 g/mol. The number of aliphatic carboxylic acids is 1. The lowest BCUT2D eigenvalue weighted by molar-refractivity contribution is -0.146. The van der Waals surface area contributed by atoms with Gasteiger partial charge in [-0.3, -0.25) is 10.1 Å². The van der Waals surface area contributed by atoms with Crippen molar-refractivity contribution in [3.63, 3.8) is 0 Å². The predicted molar refractivity (Wildman–Crippen MR) is 98.7 cm³/mol. The Morgan fingerprint density at radius 3 is 2.77 bits per heavy atom. The van der Waals surface area contributed by atoms with Crippen LogP contribution >= 0.6 is 23.2 Å². The fourth-order valence-corrected chi connectivity index (χ4v) is 3.34. The molecule has 0 spiro atoms. The number of carboxylic acids is 1. The number of nitrogens with zero attached hydrogens (tertiary/aromatic N) is 3. The second-order valence-corrected chi connectivity index (χ2v) is 7.42. The minimum Gasteiger partial charge on any atom is -0.481 e. The molecule has 1 aromatic carbocycles. The third kappa shape index (κ3) is 3.78. The van der Waals surface area contributed by atoms with Crippen molar-refractivity contribution < 1.29 is 14.7 Å². The number of aromatic nitrogens is 2. The Balaban J connectivity index is 1.69. The van der Waals surface area contributed by atoms with Gasteiger partial charge in [0.15, 0.2) is 0 Å². The van der Waals surface area contributed by atoms with E-state index in [0.717, 1.165) is 5.56 Å². The van der Waals surface area contributed by atoms with Crippen LogP contribution in [0.5, 0.6) is 0 Å². The third-order valence-electron chi connectivity index (χ3n) is 4.56. The van der Waals surface area contributed by atoms with Gasteiger partial charge in [0.05, 0.1) is 18.2 Å². The van der Waals surface area contributed by atoms with E-state index in [9.17, 15) is 14.7 Å². The van der Waals surface area contributed by atoms with Crippen molar-refractivity contribution >= 4 is 41.0 Å². The Bertz CT molecular complexity index is 854. The number of benzene rings is 1. The van der Waals surface area contributed by atoms with Gasteiger partial charge in [0.2, 0.25) is 0 Å². The van der Waals surface area contributed by atoms with E-state index >= 15 is 0 Å². The van der Waals surface area contributed by atoms with E-state index in [1.54, 1.807) is 42.1 Å². The van der Waals surface area contributed by atoms with Crippen molar-refractivity contribution in [2.45, 2.75) is 19.9 Å². The van der Waals surface area contributed by atoms with Crippen molar-refractivity contribution in [1.82, 2.24) is 14.7 Å². The van der Waals surface area contributed by atoms with Crippen LogP contribution in [0.1, 0.15) is 18.9 Å². The smallest absolute Gasteiger partial charge is 0.323 e. The van der Waals surface area contributed by atoms with Gasteiger partial charge < -0.3 is 10.0 Å². The summed E-state index contributed by atoms with van der Waals surface area (Å²) in [6, 6.07) is 6.52. The highest BCUT2D eigenvalue weighted by Crippen LogP contribution is 2.30. The van der Waals surface area contributed by atoms with E-state index in [4.69, 9.17) is 23.2 Å². The fraction of sp³-hybridized carbons (Fsp3) is 0.353. The SMILES string of the molecule is CC1(C(=O)O)CCN(C(=O)Nc2ccnn2Cc2ccc(Cl)cc2Cl)C1. The minimum atomic E-state index is -0.908. The Morgan fingerprint density at radius 2 is 2.12 bits per heavy atom. The maximum atomic E-state index is 12.5. The Kier molecular flexibility index (Phi) is 5.11. The number of hydrogen-bond acceptors (Lipinski definition) is 3. The molecule has 1 aromatic heterocycles. The van der Waals surface area contributed by atoms with Gasteiger partial charge in [-0.25, -0.2) is 9.48 Å². The molecule has 0 aliphatic carbocycles. The fourth-order valence-electron chi connectivity index (χ4n) is 2.87. The lowest BCUT2D eigenvalue weighted by Crippen LogP contribution is -2.37. The summed E-state index contributed by atoms with van der Waals surface area (Å²) >= 11 is 12.1. The van der Waals surface area contributed by atoms with Crippen LogP contribution in [0, 0.1) is 5.41 Å². The zero-order chi connectivity index (χ0) is 18.9. The Hall–Kier alpha value is -2.25. The molecule has 1 saturated heterocycles. The summed E-state index contributed by atoms with van der Waals surface area (Å²) in [5.41, 5.74) is -0.0936. The molecule has 9 heteroatoms. The van der Waals surface area contributed by atoms with Crippen LogP contribution < -0.4 is 5.32 Å². The third-order valence-corrected chi connectivity index (χ3v) is 5.15. The molecule has 2 aromatic rings. The highest BCUT2D eigenvalue weighted by molar-refractivity contribution is 6.35. The first kappa shape index (κ1) is 18.5. The molecule has 0 saturated carbocycles. The lowest BCUT2D eigenvalue weighted by atomic mass is 9.90. The van der Waals surface area contributed by atoms with E-state index in [0.29, 0.717) is 35.4 Å². The molecule has 1 aliphatic heterocycles. The summed E-state index contributed by atoms with van der Waals surface area (Å²) < 4.78 is 1.61. The van der Waals surface area contributed by atoms with E-state index in [-0.39, 0.29) is 12.6 Å². The second-order valence-electron chi connectivity index (χ2n) is 6.58. The van der Waals surface area contributed by atoms with E-state index < -0.39 is 11.4 Å². The lowest BCUT2D eigenvalue weighted by Gasteiger charge is -2.20. The number of anilines is 1. The van der Waals surface area contributed by atoms with Crippen molar-refractivity contribution in [2.75, 3.05) is 18.4 Å². The zero-order valence-corrected chi connectivity index (χ0v) is 15.6. The summed E-state index contributed by atoms with van der Waals surface area (Å²) in [4.78, 5) is 25.3. The van der Waals surface area contributed by atoms with Gasteiger partial charge in [-0.2, -0.15) is 5.10 Å². The zero-order valence-electron chi connectivity index (χ0n) is 14.1. The number of hydrogen-bond donors (Lipinski definition) is 2. The van der Waals surface area contributed by atoms with Crippen molar-refractivity contribution in [1.29, 1.82) is 0 Å². The molecule has 26 heavy (non-hydrogen) atoms. The molecule has 138 valence electrons. The summed E-state index contributed by atoms with van der Waals surface area (Å²) in [5, 5.41) is 17.3. The average molecular weight is 397 g/mol. The van der Waals surface area contributed by atoms with Crippen LogP contribution in [-0.4, -0.2) is 44.9 Å². The molecular formula is C17H18Cl2N4O3. The summed E-state index contributed by atoms with van der Waals surface area (Å²) in [5.74, 6) is -0.389. The second kappa shape index (κ2) is 7.17. The van der Waals surface area contributed by atoms with Gasteiger partial charge in [-0.05, 0) is 31.0 Å². The van der Waals surface area contributed by atoms with Gasteiger partial charge in [0, 0.05) is 29.2 Å². The topological polar surface area (TPSA) is 87.5 Å². The van der Waals surface area contributed by atoms with Gasteiger partial charge in [-0.1, -0.05) is 29.3 Å². The quantitative estimate of drug-likeness (QED) is 0.826. The van der Waals surface area contributed by atoms with Crippen LogP contribution in [0.25, 0.3) is 0 Å². The van der Waals surface area contributed by atoms with Crippen LogP contribution in [-0.2, 0) is 11.3 Å². The van der Waals surface area contributed by atoms with E-state index in [2.05, 4.69) is 10.4 Å². The first-order valence-electron chi connectivity index (χ1n) is 8.03. The molecule has 1 unspecified atom stereocenters. The van der Waals surface area contributed by atoms with Crippen LogP contribution in [0.15, 0.2) is 30.5 Å². The molecule has 7 nitrogen and oxygen atoms in total. The van der Waals surface area contributed by atoms with Gasteiger partial charge in [0.1, 0.15) is 5.82 Å². The number of carboxylic acid groups (broad SMARTS) is 1. The summed E-state index contributed by atoms with van der Waals surface area (Å²) in [6.45, 7) is 2.58. The first-order valence-corrected chi connectivity index (χ1v) is 8.79. The number of halogens is 2. The predicted octanol–water partition coefficient (Wildman–Crippen LogP) is 3.57. The van der Waals surface area contributed by atoms with Crippen molar-refractivity contribution in [3.8, 4) is 0 Å². The Morgan fingerprint density at radius 1 is 1.35 bits per heavy atom. The number of amides is 2. The van der Waals surface area contributed by atoms with Crippen molar-refractivity contribution in [2.24, 2.45) is 5.41 Å². The number of carbonyl (C=O) groups excluding carboxylic acids is 1. The molecule has 2 amide bonds. The van der Waals surface area contributed by atoms with Gasteiger partial charge in [-0.15, -0.1) is 0 Å². The van der Waals surface area contributed by atoms with E-state index in [1.807, 2.05) is 0 Å². The number of urea groups is 1. The summed E-state index contributed by atoms with van der Waals surface area (Å²) in [6.07, 6.45) is 2.00. The molecule has 1 aliphatic rings. The average Bonchev–Trinajstić information content (AvgIpc) is 3.18. The molecule has 1 atom stereocenters. The molecule has 0 bridgehead atoms. The number of carbonyl (C=O) groups is 2. The van der Waals surface area contributed by atoms with Crippen LogP contribution in [0.2, 0.25) is 10.0 Å². The first-order chi connectivity index (χ1) is 12.3. The van der Waals surface area contributed by atoms with Gasteiger partial charge >= 0.3 is 12.0 Å². The van der Waals surface area contributed by atoms with Crippen LogP contribution in [0.4, 0.5) is 10.6 Å². The molecule has 3 rings (SSSR count). The van der Waals surface area contributed by atoms with Gasteiger partial charge in [0.25, 0.3) is 0 Å². The number of nitrogens with one attached hydrogen (secondary N) is 1. The largest absolute Gasteiger partial charge is 0.481 e. The molecule has 2 heterocycles. The highest BCUT2D eigenvalue weighted by Gasteiger charge is 2.42. The normalized spacial score (nSPS) is 19.6.